The minimum Gasteiger partial charge on any atom is -0.491 e. The molecular formula is C22H26N3O2S. The highest BCUT2D eigenvalue weighted by atomic mass is 32.1. The second-order valence-electron chi connectivity index (χ2n) is 6.90. The lowest BCUT2D eigenvalue weighted by Crippen LogP contribution is -2.46. The van der Waals surface area contributed by atoms with Crippen molar-refractivity contribution in [2.45, 2.75) is 19.8 Å². The van der Waals surface area contributed by atoms with Crippen molar-refractivity contribution < 1.29 is 9.47 Å². The van der Waals surface area contributed by atoms with Gasteiger partial charge >= 0.3 is 0 Å². The van der Waals surface area contributed by atoms with Crippen molar-refractivity contribution in [2.75, 3.05) is 49.7 Å². The van der Waals surface area contributed by atoms with Gasteiger partial charge in [-0.3, -0.25) is 0 Å². The fraction of sp³-hybridized carbons (Fsp3) is 0.409. The first-order valence-corrected chi connectivity index (χ1v) is 10.6. The largest absolute Gasteiger partial charge is 0.491 e. The highest BCUT2D eigenvalue weighted by molar-refractivity contribution is 7.13. The van der Waals surface area contributed by atoms with E-state index in [1.54, 1.807) is 18.6 Å². The van der Waals surface area contributed by atoms with E-state index in [1.807, 2.05) is 6.07 Å². The normalized spacial score (nSPS) is 14.5. The smallest absolute Gasteiger partial charge is 0.184 e. The van der Waals surface area contributed by atoms with E-state index in [2.05, 4.69) is 53.1 Å². The van der Waals surface area contributed by atoms with Crippen molar-refractivity contribution in [3.8, 4) is 11.5 Å². The molecule has 1 fully saturated rings. The molecule has 0 aliphatic carbocycles. The van der Waals surface area contributed by atoms with E-state index in [-0.39, 0.29) is 0 Å². The molecule has 0 saturated carbocycles. The second-order valence-corrected chi connectivity index (χ2v) is 7.71. The molecule has 1 aromatic heterocycles. The van der Waals surface area contributed by atoms with Gasteiger partial charge in [0, 0.05) is 37.6 Å². The highest BCUT2D eigenvalue weighted by Crippen LogP contribution is 2.38. The van der Waals surface area contributed by atoms with E-state index in [0.717, 1.165) is 56.3 Å². The molecule has 2 heterocycles. The molecule has 0 unspecified atom stereocenters. The summed E-state index contributed by atoms with van der Waals surface area (Å²) in [6.07, 6.45) is 2.14. The maximum atomic E-state index is 5.90. The predicted molar refractivity (Wildman–Crippen MR) is 116 cm³/mol. The summed E-state index contributed by atoms with van der Waals surface area (Å²) in [6, 6.07) is 15.6. The van der Waals surface area contributed by atoms with Gasteiger partial charge in [-0.05, 0) is 42.2 Å². The van der Waals surface area contributed by atoms with Gasteiger partial charge in [0.2, 0.25) is 0 Å². The quantitative estimate of drug-likeness (QED) is 0.545. The zero-order valence-corrected chi connectivity index (χ0v) is 17.3. The number of fused-ring (bicyclic) bond motifs is 1. The second kappa shape index (κ2) is 8.69. The van der Waals surface area contributed by atoms with Gasteiger partial charge in [0.05, 0.1) is 24.1 Å². The first-order valence-electron chi connectivity index (χ1n) is 9.87. The van der Waals surface area contributed by atoms with Crippen molar-refractivity contribution in [3.63, 3.8) is 0 Å². The number of hydrogen-bond donors (Lipinski definition) is 0. The van der Waals surface area contributed by atoms with Crippen LogP contribution in [0.4, 0.5) is 11.5 Å². The van der Waals surface area contributed by atoms with E-state index < -0.39 is 0 Å². The Morgan fingerprint density at radius 1 is 1.11 bits per heavy atom. The summed E-state index contributed by atoms with van der Waals surface area (Å²) >= 11 is 1.58. The van der Waals surface area contributed by atoms with Crippen molar-refractivity contribution in [1.82, 2.24) is 4.37 Å². The molecule has 6 heteroatoms. The number of aromatic nitrogens is 1. The number of anilines is 2. The average Bonchev–Trinajstić information content (AvgIpc) is 3.18. The van der Waals surface area contributed by atoms with Crippen molar-refractivity contribution in [1.29, 1.82) is 0 Å². The van der Waals surface area contributed by atoms with Crippen LogP contribution in [0, 0.1) is 6.07 Å². The van der Waals surface area contributed by atoms with Crippen molar-refractivity contribution in [3.05, 3.63) is 42.5 Å². The van der Waals surface area contributed by atoms with E-state index in [1.165, 1.54) is 10.1 Å². The first-order chi connectivity index (χ1) is 13.8. The fourth-order valence-corrected chi connectivity index (χ4v) is 4.38. The molecule has 5 nitrogen and oxygen atoms in total. The zero-order valence-electron chi connectivity index (χ0n) is 16.5. The van der Waals surface area contributed by atoms with Gasteiger partial charge in [0.25, 0.3) is 0 Å². The van der Waals surface area contributed by atoms with Gasteiger partial charge in [0.1, 0.15) is 5.82 Å². The standard InChI is InChI=1S/C22H26N3O2S/c1-3-4-16-27-19-10-7-9-18(21(19)26-2)24-12-14-25(15-13-24)22-17-8-5-6-11-20(17)28-23-22/h5-9,11H,3-4,12-16H2,1-2H3. The number of piperazine rings is 1. The number of unbranched alkanes of at least 4 members (excludes halogenated alkanes) is 1. The molecule has 0 spiro atoms. The summed E-state index contributed by atoms with van der Waals surface area (Å²) in [5.74, 6) is 2.60. The van der Waals surface area contributed by atoms with E-state index >= 15 is 0 Å². The maximum absolute atomic E-state index is 5.90. The molecule has 28 heavy (non-hydrogen) atoms. The molecule has 0 atom stereocenters. The monoisotopic (exact) mass is 396 g/mol. The molecular weight excluding hydrogens is 370 g/mol. The van der Waals surface area contributed by atoms with Crippen LogP contribution < -0.4 is 19.3 Å². The van der Waals surface area contributed by atoms with Crippen LogP contribution in [-0.2, 0) is 0 Å². The van der Waals surface area contributed by atoms with E-state index in [0.29, 0.717) is 12.4 Å². The summed E-state index contributed by atoms with van der Waals surface area (Å²) in [5, 5.41) is 1.25. The van der Waals surface area contributed by atoms with E-state index in [9.17, 15) is 0 Å². The van der Waals surface area contributed by atoms with Gasteiger partial charge in [0.15, 0.2) is 11.5 Å². The summed E-state index contributed by atoms with van der Waals surface area (Å²) in [5.41, 5.74) is 1.08. The molecule has 1 radical (unpaired) electrons. The molecule has 3 aromatic rings. The fourth-order valence-electron chi connectivity index (χ4n) is 3.59. The number of hydrogen-bond acceptors (Lipinski definition) is 6. The number of ether oxygens (including phenoxy) is 2. The van der Waals surface area contributed by atoms with Gasteiger partial charge < -0.3 is 19.3 Å². The lowest BCUT2D eigenvalue weighted by atomic mass is 10.2. The van der Waals surface area contributed by atoms with Crippen LogP contribution in [-0.4, -0.2) is 44.3 Å². The molecule has 0 N–H and O–H groups in total. The predicted octanol–water partition coefficient (Wildman–Crippen LogP) is 4.61. The molecule has 1 aliphatic heterocycles. The topological polar surface area (TPSA) is 37.8 Å². The molecule has 147 valence electrons. The van der Waals surface area contributed by atoms with Crippen LogP contribution in [0.15, 0.2) is 36.4 Å². The number of methoxy groups -OCH3 is 1. The van der Waals surface area contributed by atoms with Gasteiger partial charge in [-0.25, -0.2) is 0 Å². The SMILES string of the molecule is CCCCOc1[c]ccc(N2CCN(c3nsc4ccccc34)CC2)c1OC. The highest BCUT2D eigenvalue weighted by Gasteiger charge is 2.24. The number of nitrogens with zero attached hydrogens (tertiary/aromatic N) is 3. The lowest BCUT2D eigenvalue weighted by Gasteiger charge is -2.37. The minimum absolute atomic E-state index is 0.692. The minimum atomic E-state index is 0.692. The van der Waals surface area contributed by atoms with Crippen LogP contribution in [0.2, 0.25) is 0 Å². The summed E-state index contributed by atoms with van der Waals surface area (Å²) in [6.45, 7) is 6.55. The van der Waals surface area contributed by atoms with Crippen LogP contribution in [0.1, 0.15) is 19.8 Å². The Labute approximate surface area is 170 Å². The van der Waals surface area contributed by atoms with Crippen LogP contribution in [0.25, 0.3) is 10.1 Å². The van der Waals surface area contributed by atoms with Crippen molar-refractivity contribution in [2.24, 2.45) is 0 Å². The summed E-state index contributed by atoms with van der Waals surface area (Å²) in [4.78, 5) is 4.75. The van der Waals surface area contributed by atoms with Crippen LogP contribution in [0.5, 0.6) is 11.5 Å². The van der Waals surface area contributed by atoms with Gasteiger partial charge in [-0.2, -0.15) is 4.37 Å². The molecule has 1 saturated heterocycles. The Morgan fingerprint density at radius 3 is 2.68 bits per heavy atom. The Balaban J connectivity index is 1.48. The molecule has 4 rings (SSSR count). The Morgan fingerprint density at radius 2 is 1.89 bits per heavy atom. The third-order valence-electron chi connectivity index (χ3n) is 5.12. The third kappa shape index (κ3) is 3.74. The zero-order chi connectivity index (χ0) is 19.3. The Kier molecular flexibility index (Phi) is 5.86. The maximum Gasteiger partial charge on any atom is 0.184 e. The van der Waals surface area contributed by atoms with Crippen LogP contribution in [0.3, 0.4) is 0 Å². The van der Waals surface area contributed by atoms with E-state index in [4.69, 9.17) is 13.8 Å². The number of benzene rings is 2. The van der Waals surface area contributed by atoms with Gasteiger partial charge in [-0.1, -0.05) is 25.5 Å². The molecule has 2 aromatic carbocycles. The Bertz CT molecular complexity index is 919. The third-order valence-corrected chi connectivity index (χ3v) is 5.94. The first kappa shape index (κ1) is 18.9. The molecule has 0 bridgehead atoms. The molecule has 0 amide bonds. The van der Waals surface area contributed by atoms with Gasteiger partial charge in [-0.15, -0.1) is 0 Å². The average molecular weight is 397 g/mol. The molecule has 1 aliphatic rings. The Hall–Kier alpha value is -2.47. The number of rotatable bonds is 7. The van der Waals surface area contributed by atoms with Crippen LogP contribution >= 0.6 is 11.5 Å². The lowest BCUT2D eigenvalue weighted by molar-refractivity contribution is 0.287. The van der Waals surface area contributed by atoms with Crippen molar-refractivity contribution >= 4 is 33.1 Å². The summed E-state index contributed by atoms with van der Waals surface area (Å²) in [7, 11) is 1.71. The summed E-state index contributed by atoms with van der Waals surface area (Å²) < 4.78 is 17.5.